The number of hydrogen-bond acceptors (Lipinski definition) is 6. The van der Waals surface area contributed by atoms with E-state index in [1.807, 2.05) is 6.92 Å². The summed E-state index contributed by atoms with van der Waals surface area (Å²) >= 11 is 1.35. The van der Waals surface area contributed by atoms with E-state index in [9.17, 15) is 4.79 Å². The van der Waals surface area contributed by atoms with Gasteiger partial charge in [-0.1, -0.05) is 11.8 Å². The lowest BCUT2D eigenvalue weighted by atomic mass is 10.2. The number of hydrogen-bond donors (Lipinski definition) is 2. The molecular weight excluding hydrogens is 242 g/mol. The van der Waals surface area contributed by atoms with Gasteiger partial charge in [0.25, 0.3) is 11.1 Å². The number of thioether (sulfide) groups is 1. The molecule has 0 fully saturated rings. The Bertz CT molecular complexity index is 520. The van der Waals surface area contributed by atoms with Crippen LogP contribution in [0.3, 0.4) is 0 Å². The highest BCUT2D eigenvalue weighted by Crippen LogP contribution is 2.24. The molecule has 1 amide bonds. The molecule has 3 N–H and O–H groups in total. The second-order valence-corrected chi connectivity index (χ2v) is 4.20. The molecule has 0 saturated heterocycles. The smallest absolute Gasteiger partial charge is 0.268 e. The fourth-order valence-corrected chi connectivity index (χ4v) is 2.06. The largest absolute Gasteiger partial charge is 0.468 e. The Hall–Kier alpha value is -1.73. The third kappa shape index (κ3) is 2.69. The van der Waals surface area contributed by atoms with Crippen LogP contribution >= 0.6 is 11.8 Å². The fraction of sp³-hybridized carbons (Fsp3) is 0.200. The van der Waals surface area contributed by atoms with Gasteiger partial charge in [0.15, 0.2) is 0 Å². The summed E-state index contributed by atoms with van der Waals surface area (Å²) in [6, 6.07) is 1.57. The molecule has 0 bridgehead atoms. The molecule has 0 spiro atoms. The molecule has 0 unspecified atom stereocenters. The lowest BCUT2D eigenvalue weighted by Crippen LogP contribution is -2.30. The molecule has 0 atom stereocenters. The van der Waals surface area contributed by atoms with Crippen LogP contribution in [-0.4, -0.2) is 10.9 Å². The van der Waals surface area contributed by atoms with E-state index in [-0.39, 0.29) is 5.91 Å². The third-order valence-electron chi connectivity index (χ3n) is 2.05. The molecule has 0 aromatic carbocycles. The topological polar surface area (TPSA) is 94.3 Å². The van der Waals surface area contributed by atoms with E-state index in [1.165, 1.54) is 18.0 Å². The van der Waals surface area contributed by atoms with Crippen LogP contribution in [0.4, 0.5) is 0 Å². The van der Waals surface area contributed by atoms with E-state index in [0.29, 0.717) is 22.3 Å². The minimum absolute atomic E-state index is 0.377. The van der Waals surface area contributed by atoms with Gasteiger partial charge in [0.2, 0.25) is 0 Å². The van der Waals surface area contributed by atoms with Gasteiger partial charge >= 0.3 is 0 Å². The molecule has 0 aliphatic rings. The monoisotopic (exact) mass is 253 g/mol. The summed E-state index contributed by atoms with van der Waals surface area (Å²) in [5.74, 6) is 5.68. The van der Waals surface area contributed by atoms with Crippen LogP contribution in [0.25, 0.3) is 0 Å². The minimum atomic E-state index is -0.377. The van der Waals surface area contributed by atoms with Gasteiger partial charge in [0, 0.05) is 0 Å². The maximum atomic E-state index is 11.4. The average molecular weight is 253 g/mol. The standard InChI is InChI=1S/C10H11N3O3S/c1-6-4-16-10(12-6)17-5-8-7(2-3-15-8)9(14)13-11/h2-4H,5,11H2,1H3,(H,13,14). The normalized spacial score (nSPS) is 10.5. The van der Waals surface area contributed by atoms with Gasteiger partial charge in [-0.2, -0.15) is 0 Å². The molecular formula is C10H11N3O3S. The lowest BCUT2D eigenvalue weighted by molar-refractivity contribution is 0.0952. The van der Waals surface area contributed by atoms with Crippen molar-refractivity contribution in [1.82, 2.24) is 10.4 Å². The number of oxazole rings is 1. The van der Waals surface area contributed by atoms with Crippen LogP contribution in [-0.2, 0) is 5.75 Å². The van der Waals surface area contributed by atoms with Crippen LogP contribution in [0, 0.1) is 6.92 Å². The number of nitrogen functional groups attached to an aromatic ring is 1. The maximum Gasteiger partial charge on any atom is 0.268 e. The summed E-state index contributed by atoms with van der Waals surface area (Å²) in [5.41, 5.74) is 3.29. The number of nitrogens with zero attached hydrogens (tertiary/aromatic N) is 1. The van der Waals surface area contributed by atoms with Crippen molar-refractivity contribution in [3.63, 3.8) is 0 Å². The molecule has 90 valence electrons. The van der Waals surface area contributed by atoms with E-state index in [2.05, 4.69) is 10.4 Å². The van der Waals surface area contributed by atoms with Gasteiger partial charge in [0.1, 0.15) is 12.0 Å². The number of nitrogens with one attached hydrogen (secondary N) is 1. The van der Waals surface area contributed by atoms with E-state index in [0.717, 1.165) is 5.69 Å². The van der Waals surface area contributed by atoms with E-state index < -0.39 is 0 Å². The minimum Gasteiger partial charge on any atom is -0.468 e. The summed E-state index contributed by atoms with van der Waals surface area (Å²) in [7, 11) is 0. The van der Waals surface area contributed by atoms with E-state index >= 15 is 0 Å². The van der Waals surface area contributed by atoms with Gasteiger partial charge < -0.3 is 8.83 Å². The Balaban J connectivity index is 2.04. The molecule has 2 aromatic heterocycles. The maximum absolute atomic E-state index is 11.4. The second-order valence-electron chi connectivity index (χ2n) is 3.27. The van der Waals surface area contributed by atoms with Crippen LogP contribution in [0.1, 0.15) is 21.8 Å². The molecule has 2 aromatic rings. The predicted octanol–water partition coefficient (Wildman–Crippen LogP) is 1.47. The number of hydrazine groups is 1. The summed E-state index contributed by atoms with van der Waals surface area (Å²) in [6.07, 6.45) is 3.01. The van der Waals surface area contributed by atoms with Crippen molar-refractivity contribution in [3.05, 3.63) is 35.6 Å². The molecule has 0 aliphatic carbocycles. The molecule has 0 aliphatic heterocycles. The Morgan fingerprint density at radius 1 is 1.59 bits per heavy atom. The Kier molecular flexibility index (Phi) is 3.50. The second kappa shape index (κ2) is 5.07. The highest BCUT2D eigenvalue weighted by molar-refractivity contribution is 7.98. The van der Waals surface area contributed by atoms with Gasteiger partial charge in [-0.3, -0.25) is 10.2 Å². The molecule has 0 saturated carbocycles. The Morgan fingerprint density at radius 2 is 2.41 bits per heavy atom. The van der Waals surface area contributed by atoms with Crippen LogP contribution < -0.4 is 11.3 Å². The summed E-state index contributed by atoms with van der Waals surface area (Å²) < 4.78 is 10.4. The molecule has 0 radical (unpaired) electrons. The van der Waals surface area contributed by atoms with Crippen molar-refractivity contribution in [3.8, 4) is 0 Å². The Morgan fingerprint density at radius 3 is 3.06 bits per heavy atom. The number of nitrogens with two attached hydrogens (primary N) is 1. The quantitative estimate of drug-likeness (QED) is 0.371. The first-order chi connectivity index (χ1) is 8.20. The summed E-state index contributed by atoms with van der Waals surface area (Å²) in [6.45, 7) is 1.84. The fourth-order valence-electron chi connectivity index (χ4n) is 1.26. The van der Waals surface area contributed by atoms with Gasteiger partial charge in [-0.25, -0.2) is 10.8 Å². The predicted molar refractivity (Wildman–Crippen MR) is 61.2 cm³/mol. The van der Waals surface area contributed by atoms with Gasteiger partial charge in [-0.15, -0.1) is 0 Å². The summed E-state index contributed by atoms with van der Waals surface area (Å²) in [4.78, 5) is 15.5. The number of aromatic nitrogens is 1. The van der Waals surface area contributed by atoms with Crippen molar-refractivity contribution in [2.45, 2.75) is 17.9 Å². The number of carbonyl (C=O) groups is 1. The molecule has 17 heavy (non-hydrogen) atoms. The first-order valence-electron chi connectivity index (χ1n) is 4.83. The van der Waals surface area contributed by atoms with Crippen molar-refractivity contribution >= 4 is 17.7 Å². The highest BCUT2D eigenvalue weighted by atomic mass is 32.2. The van der Waals surface area contributed by atoms with Crippen LogP contribution in [0.5, 0.6) is 0 Å². The zero-order chi connectivity index (χ0) is 12.3. The Labute approximate surface area is 102 Å². The van der Waals surface area contributed by atoms with Gasteiger partial charge in [-0.05, 0) is 13.0 Å². The number of amides is 1. The number of carbonyl (C=O) groups excluding carboxylic acids is 1. The number of furan rings is 1. The first kappa shape index (κ1) is 11.7. The molecule has 2 heterocycles. The molecule has 2 rings (SSSR count). The van der Waals surface area contributed by atoms with E-state index in [4.69, 9.17) is 14.7 Å². The summed E-state index contributed by atoms with van der Waals surface area (Å²) in [5, 5.41) is 0.540. The SMILES string of the molecule is Cc1coc(SCc2occc2C(=O)NN)n1. The first-order valence-corrected chi connectivity index (χ1v) is 5.81. The van der Waals surface area contributed by atoms with Gasteiger partial charge in [0.05, 0.1) is 23.3 Å². The molecule has 7 heteroatoms. The van der Waals surface area contributed by atoms with Crippen LogP contribution in [0.15, 0.2) is 32.6 Å². The van der Waals surface area contributed by atoms with Crippen molar-refractivity contribution < 1.29 is 13.6 Å². The van der Waals surface area contributed by atoms with E-state index in [1.54, 1.807) is 12.3 Å². The zero-order valence-electron chi connectivity index (χ0n) is 9.10. The number of rotatable bonds is 4. The van der Waals surface area contributed by atoms with Crippen molar-refractivity contribution in [2.75, 3.05) is 0 Å². The average Bonchev–Trinajstić information content (AvgIpc) is 2.94. The van der Waals surface area contributed by atoms with Crippen molar-refractivity contribution in [2.24, 2.45) is 5.84 Å². The molecule has 6 nitrogen and oxygen atoms in total. The number of aryl methyl sites for hydroxylation is 1. The van der Waals surface area contributed by atoms with Crippen LogP contribution in [0.2, 0.25) is 0 Å². The zero-order valence-corrected chi connectivity index (χ0v) is 9.91. The lowest BCUT2D eigenvalue weighted by Gasteiger charge is -1.99. The third-order valence-corrected chi connectivity index (χ3v) is 2.89. The van der Waals surface area contributed by atoms with Crippen molar-refractivity contribution in [1.29, 1.82) is 0 Å². The highest BCUT2D eigenvalue weighted by Gasteiger charge is 2.14.